The second kappa shape index (κ2) is 7.20. The van der Waals surface area contributed by atoms with E-state index in [1.807, 2.05) is 0 Å². The zero-order valence-electron chi connectivity index (χ0n) is 12.0. The summed E-state index contributed by atoms with van der Waals surface area (Å²) in [6.07, 6.45) is 2.51. The molecular weight excluding hydrogens is 224 g/mol. The lowest BCUT2D eigenvalue weighted by atomic mass is 10.0. The Kier molecular flexibility index (Phi) is 5.90. The Hall–Kier alpha value is -1.31. The molecule has 0 fully saturated rings. The third kappa shape index (κ3) is 5.35. The molecule has 0 saturated carbocycles. The molecule has 0 aliphatic rings. The number of rotatable bonds is 7. The summed E-state index contributed by atoms with van der Waals surface area (Å²) in [4.78, 5) is 10.8. The number of carbonyl (C=O) groups excluding carboxylic acids is 1. The molecular formula is C16H24O2. The molecule has 1 aromatic carbocycles. The van der Waals surface area contributed by atoms with Crippen LogP contribution in [0.4, 0.5) is 0 Å². The molecule has 0 heterocycles. The highest BCUT2D eigenvalue weighted by molar-refractivity contribution is 5.75. The average Bonchev–Trinajstić information content (AvgIpc) is 2.27. The van der Waals surface area contributed by atoms with E-state index in [2.05, 4.69) is 39.0 Å². The molecule has 0 aromatic heterocycles. The lowest BCUT2D eigenvalue weighted by molar-refractivity contribution is -0.117. The summed E-state index contributed by atoms with van der Waals surface area (Å²) in [7, 11) is 0. The molecule has 0 amide bonds. The van der Waals surface area contributed by atoms with Crippen LogP contribution in [0.5, 0.6) is 5.75 Å². The van der Waals surface area contributed by atoms with Crippen molar-refractivity contribution in [3.8, 4) is 5.75 Å². The van der Waals surface area contributed by atoms with Gasteiger partial charge in [-0.05, 0) is 55.9 Å². The first-order chi connectivity index (χ1) is 8.49. The maximum absolute atomic E-state index is 10.8. The van der Waals surface area contributed by atoms with Gasteiger partial charge in [-0.3, -0.25) is 0 Å². The van der Waals surface area contributed by atoms with Crippen LogP contribution >= 0.6 is 0 Å². The van der Waals surface area contributed by atoms with Gasteiger partial charge in [0.15, 0.2) is 0 Å². The van der Waals surface area contributed by atoms with Gasteiger partial charge in [-0.2, -0.15) is 0 Å². The molecule has 1 aromatic rings. The van der Waals surface area contributed by atoms with Gasteiger partial charge in [0.2, 0.25) is 0 Å². The zero-order valence-corrected chi connectivity index (χ0v) is 12.0. The van der Waals surface area contributed by atoms with Crippen molar-refractivity contribution in [2.75, 3.05) is 6.61 Å². The van der Waals surface area contributed by atoms with Gasteiger partial charge in [0.1, 0.15) is 11.5 Å². The molecule has 0 spiro atoms. The number of ketones is 1. The second-order valence-electron chi connectivity index (χ2n) is 5.24. The van der Waals surface area contributed by atoms with Crippen molar-refractivity contribution in [2.45, 2.75) is 52.9 Å². The topological polar surface area (TPSA) is 26.3 Å². The van der Waals surface area contributed by atoms with Crippen molar-refractivity contribution in [3.63, 3.8) is 0 Å². The average molecular weight is 248 g/mol. The van der Waals surface area contributed by atoms with Gasteiger partial charge >= 0.3 is 0 Å². The quantitative estimate of drug-likeness (QED) is 0.674. The Morgan fingerprint density at radius 3 is 2.56 bits per heavy atom. The van der Waals surface area contributed by atoms with E-state index in [1.165, 1.54) is 11.1 Å². The molecule has 0 bridgehead atoms. The van der Waals surface area contributed by atoms with Gasteiger partial charge in [0.05, 0.1) is 6.61 Å². The van der Waals surface area contributed by atoms with Crippen molar-refractivity contribution in [3.05, 3.63) is 29.3 Å². The Morgan fingerprint density at radius 1 is 1.22 bits per heavy atom. The largest absolute Gasteiger partial charge is 0.494 e. The second-order valence-corrected chi connectivity index (χ2v) is 5.24. The summed E-state index contributed by atoms with van der Waals surface area (Å²) >= 11 is 0. The predicted molar refractivity (Wildman–Crippen MR) is 75.3 cm³/mol. The molecule has 0 saturated heterocycles. The number of carbonyl (C=O) groups is 1. The summed E-state index contributed by atoms with van der Waals surface area (Å²) in [5, 5.41) is 0. The monoisotopic (exact) mass is 248 g/mol. The van der Waals surface area contributed by atoms with Crippen LogP contribution in [0.3, 0.4) is 0 Å². The molecule has 0 N–H and O–H groups in total. The van der Waals surface area contributed by atoms with Crippen molar-refractivity contribution in [2.24, 2.45) is 0 Å². The fraction of sp³-hybridized carbons (Fsp3) is 0.562. The van der Waals surface area contributed by atoms with E-state index in [0.29, 0.717) is 18.9 Å². The predicted octanol–water partition coefficient (Wildman–Crippen LogP) is 4.26. The molecule has 0 atom stereocenters. The number of unbranched alkanes of at least 4 members (excludes halogenated alkanes) is 1. The van der Waals surface area contributed by atoms with Crippen LogP contribution in [0.1, 0.15) is 57.1 Å². The number of hydrogen-bond acceptors (Lipinski definition) is 2. The van der Waals surface area contributed by atoms with Crippen LogP contribution < -0.4 is 4.74 Å². The Labute approximate surface area is 110 Å². The van der Waals surface area contributed by atoms with E-state index >= 15 is 0 Å². The highest BCUT2D eigenvalue weighted by atomic mass is 16.5. The third-order valence-electron chi connectivity index (χ3n) is 2.93. The summed E-state index contributed by atoms with van der Waals surface area (Å²) in [5.41, 5.74) is 2.55. The fourth-order valence-corrected chi connectivity index (χ4v) is 1.86. The van der Waals surface area contributed by atoms with Crippen molar-refractivity contribution >= 4 is 5.78 Å². The zero-order chi connectivity index (χ0) is 13.5. The van der Waals surface area contributed by atoms with Crippen molar-refractivity contribution < 1.29 is 9.53 Å². The fourth-order valence-electron chi connectivity index (χ4n) is 1.86. The molecule has 0 radical (unpaired) electrons. The smallest absolute Gasteiger partial charge is 0.129 e. The number of benzene rings is 1. The molecule has 2 nitrogen and oxygen atoms in total. The third-order valence-corrected chi connectivity index (χ3v) is 2.93. The molecule has 100 valence electrons. The van der Waals surface area contributed by atoms with Crippen LogP contribution in [-0.2, 0) is 4.79 Å². The van der Waals surface area contributed by atoms with Gasteiger partial charge in [-0.15, -0.1) is 0 Å². The van der Waals surface area contributed by atoms with Crippen molar-refractivity contribution in [1.82, 2.24) is 0 Å². The summed E-state index contributed by atoms with van der Waals surface area (Å²) in [5.74, 6) is 1.72. The van der Waals surface area contributed by atoms with E-state index in [9.17, 15) is 4.79 Å². The number of hydrogen-bond donors (Lipinski definition) is 0. The van der Waals surface area contributed by atoms with E-state index in [-0.39, 0.29) is 5.78 Å². The first kappa shape index (κ1) is 14.7. The van der Waals surface area contributed by atoms with Crippen LogP contribution in [0.25, 0.3) is 0 Å². The standard InChI is InChI=1S/C16H24O2/c1-12(2)15-9-13(3)10-16(11-15)18-8-6-5-7-14(4)17/h9-12H,5-8H2,1-4H3. The van der Waals surface area contributed by atoms with Crippen molar-refractivity contribution in [1.29, 1.82) is 0 Å². The van der Waals surface area contributed by atoms with E-state index < -0.39 is 0 Å². The normalized spacial score (nSPS) is 10.7. The van der Waals surface area contributed by atoms with Gasteiger partial charge in [-0.1, -0.05) is 19.9 Å². The minimum Gasteiger partial charge on any atom is -0.494 e. The van der Waals surface area contributed by atoms with Gasteiger partial charge in [0.25, 0.3) is 0 Å². The number of Topliss-reactive ketones (excluding diaryl/α,β-unsaturated/α-hetero) is 1. The molecule has 18 heavy (non-hydrogen) atoms. The van der Waals surface area contributed by atoms with Crippen LogP contribution in [0.2, 0.25) is 0 Å². The first-order valence-electron chi connectivity index (χ1n) is 6.73. The molecule has 2 heteroatoms. The summed E-state index contributed by atoms with van der Waals surface area (Å²) < 4.78 is 5.75. The van der Waals surface area contributed by atoms with E-state index in [0.717, 1.165) is 18.6 Å². The van der Waals surface area contributed by atoms with E-state index in [4.69, 9.17) is 4.74 Å². The molecule has 1 rings (SSSR count). The highest BCUT2D eigenvalue weighted by Crippen LogP contribution is 2.23. The van der Waals surface area contributed by atoms with Crippen LogP contribution in [0, 0.1) is 6.92 Å². The summed E-state index contributed by atoms with van der Waals surface area (Å²) in [6, 6.07) is 6.38. The highest BCUT2D eigenvalue weighted by Gasteiger charge is 2.03. The minimum atomic E-state index is 0.257. The van der Waals surface area contributed by atoms with Crippen LogP contribution in [0.15, 0.2) is 18.2 Å². The summed E-state index contributed by atoms with van der Waals surface area (Å²) in [6.45, 7) is 8.79. The van der Waals surface area contributed by atoms with Gasteiger partial charge in [0, 0.05) is 6.42 Å². The molecule has 0 aliphatic carbocycles. The number of aryl methyl sites for hydroxylation is 1. The SMILES string of the molecule is CC(=O)CCCCOc1cc(C)cc(C(C)C)c1. The maximum atomic E-state index is 10.8. The number of ether oxygens (including phenoxy) is 1. The molecule has 0 unspecified atom stereocenters. The Bertz CT molecular complexity index is 394. The first-order valence-corrected chi connectivity index (χ1v) is 6.73. The van der Waals surface area contributed by atoms with Gasteiger partial charge in [-0.25, -0.2) is 0 Å². The van der Waals surface area contributed by atoms with E-state index in [1.54, 1.807) is 6.92 Å². The van der Waals surface area contributed by atoms with Gasteiger partial charge < -0.3 is 9.53 Å². The Morgan fingerprint density at radius 2 is 1.94 bits per heavy atom. The van der Waals surface area contributed by atoms with Crippen LogP contribution in [-0.4, -0.2) is 12.4 Å². The maximum Gasteiger partial charge on any atom is 0.129 e. The lowest BCUT2D eigenvalue weighted by Crippen LogP contribution is -2.00. The molecule has 0 aliphatic heterocycles. The Balaban J connectivity index is 2.44. The minimum absolute atomic E-state index is 0.257. The lowest BCUT2D eigenvalue weighted by Gasteiger charge is -2.11.